The Morgan fingerprint density at radius 2 is 2.00 bits per heavy atom. The minimum Gasteiger partial charge on any atom is -0.497 e. The van der Waals surface area contributed by atoms with Crippen LogP contribution in [0.1, 0.15) is 49.8 Å². The molecule has 4 bridgehead atoms. The lowest BCUT2D eigenvalue weighted by molar-refractivity contribution is -0.120. The fourth-order valence-corrected chi connectivity index (χ4v) is 10.7. The zero-order valence-corrected chi connectivity index (χ0v) is 23.3. The van der Waals surface area contributed by atoms with Gasteiger partial charge in [-0.3, -0.25) is 4.79 Å². The summed E-state index contributed by atoms with van der Waals surface area (Å²) in [5, 5.41) is 3.07. The number of benzene rings is 1. The van der Waals surface area contributed by atoms with Gasteiger partial charge in [-0.15, -0.1) is 0 Å². The van der Waals surface area contributed by atoms with Gasteiger partial charge in [0.15, 0.2) is 0 Å². The molecule has 1 aromatic carbocycles. The normalized spacial score (nSPS) is 31.2. The highest BCUT2D eigenvalue weighted by atomic mass is 127. The van der Waals surface area contributed by atoms with Gasteiger partial charge in [0.05, 0.1) is 24.2 Å². The number of ether oxygens (including phenoxy) is 1. The molecule has 1 aromatic heterocycles. The number of aromatic nitrogens is 2. The van der Waals surface area contributed by atoms with Crippen LogP contribution in [0.3, 0.4) is 0 Å². The number of halogens is 1. The first-order chi connectivity index (χ1) is 17.2. The molecule has 192 valence electrons. The van der Waals surface area contributed by atoms with Crippen LogP contribution >= 0.6 is 22.6 Å². The second-order valence-corrected chi connectivity index (χ2v) is 15.0. The molecule has 0 saturated heterocycles. The molecule has 4 aliphatic carbocycles. The highest BCUT2D eigenvalue weighted by Crippen LogP contribution is 2.63. The fraction of sp³-hybridized carbons (Fsp3) is 0.577. The van der Waals surface area contributed by atoms with Crippen LogP contribution in [0.25, 0.3) is 0 Å². The molecule has 10 heteroatoms. The van der Waals surface area contributed by atoms with Crippen molar-refractivity contribution in [1.82, 2.24) is 14.3 Å². The third-order valence-corrected chi connectivity index (χ3v) is 12.3. The molecule has 3 unspecified atom stereocenters. The van der Waals surface area contributed by atoms with E-state index in [-0.39, 0.29) is 20.8 Å². The lowest BCUT2D eigenvalue weighted by atomic mass is 9.51. The summed E-state index contributed by atoms with van der Waals surface area (Å²) < 4.78 is 33.4. The number of nitrogens with one attached hydrogen (secondary N) is 1. The molecule has 1 aliphatic heterocycles. The maximum Gasteiger partial charge on any atom is 0.243 e. The van der Waals surface area contributed by atoms with Gasteiger partial charge in [-0.05, 0) is 74.3 Å². The van der Waals surface area contributed by atoms with Gasteiger partial charge in [-0.1, -0.05) is 28.7 Å². The molecule has 2 aromatic rings. The zero-order valence-electron chi connectivity index (χ0n) is 20.3. The van der Waals surface area contributed by atoms with Crippen molar-refractivity contribution in [3.63, 3.8) is 0 Å². The Bertz CT molecular complexity index is 1290. The molecule has 8 nitrogen and oxygen atoms in total. The standard InChI is InChI=1S/C26H31IN4O4S/c1-35-19-3-2-4-20(10-19)36(33,34)31-6-5-21-23(14-31)28-15-29-25(21)30-24(32)11-22-18-8-16-7-17(9-18)13-26(22,27)12-16/h2-4,10,15-18,22H,5-9,11-14H2,1H3,(H,28,29,30,32). The first-order valence-corrected chi connectivity index (χ1v) is 15.2. The number of methoxy groups -OCH3 is 1. The number of amides is 1. The number of fused-ring (bicyclic) bond motifs is 1. The van der Waals surface area contributed by atoms with E-state index in [1.165, 1.54) is 55.9 Å². The number of alkyl halides is 1. The van der Waals surface area contributed by atoms with Crippen molar-refractivity contribution >= 4 is 44.3 Å². The molecule has 1 amide bonds. The molecule has 0 spiro atoms. The smallest absolute Gasteiger partial charge is 0.243 e. The predicted octanol–water partition coefficient (Wildman–Crippen LogP) is 4.19. The van der Waals surface area contributed by atoms with Crippen LogP contribution in [0.2, 0.25) is 0 Å². The molecule has 3 atom stereocenters. The number of carbonyl (C=O) groups is 1. The van der Waals surface area contributed by atoms with E-state index in [1.54, 1.807) is 18.2 Å². The maximum atomic E-state index is 13.3. The number of anilines is 1. The highest BCUT2D eigenvalue weighted by molar-refractivity contribution is 14.1. The average Bonchev–Trinajstić information content (AvgIpc) is 2.85. The Morgan fingerprint density at radius 3 is 2.72 bits per heavy atom. The highest BCUT2D eigenvalue weighted by Gasteiger charge is 2.56. The average molecular weight is 623 g/mol. The Balaban J connectivity index is 1.16. The third-order valence-electron chi connectivity index (χ3n) is 8.74. The monoisotopic (exact) mass is 622 g/mol. The second-order valence-electron chi connectivity index (χ2n) is 10.9. The van der Waals surface area contributed by atoms with E-state index >= 15 is 0 Å². The Labute approximate surface area is 225 Å². The largest absolute Gasteiger partial charge is 0.497 e. The number of sulfonamides is 1. The molecule has 2 heterocycles. The quantitative estimate of drug-likeness (QED) is 0.383. The van der Waals surface area contributed by atoms with Gasteiger partial charge < -0.3 is 10.1 Å². The summed E-state index contributed by atoms with van der Waals surface area (Å²) in [5.74, 6) is 3.81. The molecule has 5 aliphatic rings. The lowest BCUT2D eigenvalue weighted by Gasteiger charge is -2.59. The van der Waals surface area contributed by atoms with Crippen molar-refractivity contribution in [3.05, 3.63) is 41.9 Å². The van der Waals surface area contributed by atoms with Crippen LogP contribution in [-0.4, -0.2) is 45.7 Å². The molecular formula is C26H31IN4O4S. The SMILES string of the molecule is COc1cccc(S(=O)(=O)N2CCc3c(ncnc3NC(=O)CC3C4CC5CC(C4)CC3(I)C5)C2)c1. The van der Waals surface area contributed by atoms with E-state index in [0.717, 1.165) is 17.4 Å². The summed E-state index contributed by atoms with van der Waals surface area (Å²) in [6.07, 6.45) is 8.83. The maximum absolute atomic E-state index is 13.3. The van der Waals surface area contributed by atoms with E-state index in [1.807, 2.05) is 0 Å². The van der Waals surface area contributed by atoms with Crippen molar-refractivity contribution in [2.45, 2.75) is 59.8 Å². The third kappa shape index (κ3) is 4.32. The first kappa shape index (κ1) is 24.5. The summed E-state index contributed by atoms with van der Waals surface area (Å²) in [6, 6.07) is 6.49. The van der Waals surface area contributed by atoms with Crippen molar-refractivity contribution in [3.8, 4) is 5.75 Å². The molecule has 7 rings (SSSR count). The number of carbonyl (C=O) groups excluding carboxylic acids is 1. The minimum atomic E-state index is -3.70. The van der Waals surface area contributed by atoms with Crippen LogP contribution in [0.5, 0.6) is 5.75 Å². The van der Waals surface area contributed by atoms with Gasteiger partial charge >= 0.3 is 0 Å². The van der Waals surface area contributed by atoms with Crippen molar-refractivity contribution in [2.75, 3.05) is 19.0 Å². The van der Waals surface area contributed by atoms with Gasteiger partial charge in [-0.25, -0.2) is 18.4 Å². The Kier molecular flexibility index (Phi) is 6.27. The predicted molar refractivity (Wildman–Crippen MR) is 143 cm³/mol. The molecule has 36 heavy (non-hydrogen) atoms. The van der Waals surface area contributed by atoms with Crippen LogP contribution < -0.4 is 10.1 Å². The van der Waals surface area contributed by atoms with Gasteiger partial charge in [-0.2, -0.15) is 4.31 Å². The van der Waals surface area contributed by atoms with Crippen LogP contribution in [0, 0.1) is 23.7 Å². The number of hydrogen-bond donors (Lipinski definition) is 1. The summed E-state index contributed by atoms with van der Waals surface area (Å²) in [6.45, 7) is 0.442. The summed E-state index contributed by atoms with van der Waals surface area (Å²) >= 11 is 2.67. The summed E-state index contributed by atoms with van der Waals surface area (Å²) in [5.41, 5.74) is 1.47. The fourth-order valence-electron chi connectivity index (χ4n) is 7.33. The molecule has 1 N–H and O–H groups in total. The van der Waals surface area contributed by atoms with Crippen LogP contribution in [-0.2, 0) is 27.8 Å². The van der Waals surface area contributed by atoms with E-state index in [0.29, 0.717) is 48.5 Å². The minimum absolute atomic E-state index is 0.0100. The van der Waals surface area contributed by atoms with E-state index in [4.69, 9.17) is 4.74 Å². The Morgan fingerprint density at radius 1 is 1.22 bits per heavy atom. The summed E-state index contributed by atoms with van der Waals surface area (Å²) in [4.78, 5) is 22.1. The van der Waals surface area contributed by atoms with Crippen LogP contribution in [0.15, 0.2) is 35.5 Å². The van der Waals surface area contributed by atoms with Crippen molar-refractivity contribution in [1.29, 1.82) is 0 Å². The summed E-state index contributed by atoms with van der Waals surface area (Å²) in [7, 11) is -2.19. The van der Waals surface area contributed by atoms with E-state index < -0.39 is 10.0 Å². The van der Waals surface area contributed by atoms with Gasteiger partial charge in [0.1, 0.15) is 17.9 Å². The number of hydrogen-bond acceptors (Lipinski definition) is 6. The second kappa shape index (κ2) is 9.20. The first-order valence-electron chi connectivity index (χ1n) is 12.7. The molecule has 0 radical (unpaired) electrons. The topological polar surface area (TPSA) is 101 Å². The Hall–Kier alpha value is -1.79. The number of rotatable bonds is 6. The van der Waals surface area contributed by atoms with E-state index in [2.05, 4.69) is 37.9 Å². The zero-order chi connectivity index (χ0) is 25.1. The molecule has 4 fully saturated rings. The van der Waals surface area contributed by atoms with Crippen molar-refractivity contribution in [2.24, 2.45) is 23.7 Å². The van der Waals surface area contributed by atoms with Gasteiger partial charge in [0.2, 0.25) is 15.9 Å². The van der Waals surface area contributed by atoms with Gasteiger partial charge in [0.25, 0.3) is 0 Å². The molecule has 4 saturated carbocycles. The number of nitrogens with zero attached hydrogens (tertiary/aromatic N) is 3. The van der Waals surface area contributed by atoms with Crippen molar-refractivity contribution < 1.29 is 17.9 Å². The lowest BCUT2D eigenvalue weighted by Crippen LogP contribution is -2.54. The molecular weight excluding hydrogens is 591 g/mol. The van der Waals surface area contributed by atoms with E-state index in [9.17, 15) is 13.2 Å². The van der Waals surface area contributed by atoms with Crippen LogP contribution in [0.4, 0.5) is 5.82 Å². The van der Waals surface area contributed by atoms with Gasteiger partial charge in [0, 0.05) is 28.0 Å².